The van der Waals surface area contributed by atoms with Gasteiger partial charge in [0.2, 0.25) is 0 Å². The van der Waals surface area contributed by atoms with E-state index in [4.69, 9.17) is 0 Å². The van der Waals surface area contributed by atoms with Crippen LogP contribution in [0, 0.1) is 17.3 Å². The predicted octanol–water partition coefficient (Wildman–Crippen LogP) is 3.56. The van der Waals surface area contributed by atoms with Crippen molar-refractivity contribution in [2.45, 2.75) is 63.2 Å². The summed E-state index contributed by atoms with van der Waals surface area (Å²) in [5, 5.41) is 3.43. The lowest BCUT2D eigenvalue weighted by Gasteiger charge is -2.43. The molecule has 2 aliphatic heterocycles. The van der Waals surface area contributed by atoms with Crippen LogP contribution in [0.4, 0.5) is 22.0 Å². The molecule has 1 spiro atoms. The number of piperidine rings is 1. The van der Waals surface area contributed by atoms with Gasteiger partial charge >= 0.3 is 6.18 Å². The van der Waals surface area contributed by atoms with Crippen LogP contribution in [-0.4, -0.2) is 60.2 Å². The van der Waals surface area contributed by atoms with Gasteiger partial charge in [0.05, 0.1) is 11.5 Å². The summed E-state index contributed by atoms with van der Waals surface area (Å²) >= 11 is 0. The van der Waals surface area contributed by atoms with E-state index < -0.39 is 34.7 Å². The SMILES string of the molecule is O=S1(=O)CC[C@@]2(CCCN([C@H]3C[C@@H]4[C@H](C3)[C@H]4c3cc(C(F)(F)F)nn3CC(F)F)C2)C1. The van der Waals surface area contributed by atoms with Crippen LogP contribution in [0.3, 0.4) is 0 Å². The fourth-order valence-electron chi connectivity index (χ4n) is 6.53. The predicted molar refractivity (Wildman–Crippen MR) is 102 cm³/mol. The highest BCUT2D eigenvalue weighted by Gasteiger charge is 2.59. The summed E-state index contributed by atoms with van der Waals surface area (Å²) in [4.78, 5) is 2.38. The number of hydrogen-bond acceptors (Lipinski definition) is 4. The number of nitrogens with zero attached hydrogens (tertiary/aromatic N) is 3. The summed E-state index contributed by atoms with van der Waals surface area (Å²) in [5.74, 6) is 0.734. The average molecular weight is 468 g/mol. The van der Waals surface area contributed by atoms with Crippen LogP contribution in [0.2, 0.25) is 0 Å². The Kier molecular flexibility index (Phi) is 4.97. The molecule has 174 valence electrons. The zero-order valence-electron chi connectivity index (χ0n) is 17.0. The molecule has 2 saturated carbocycles. The molecule has 1 aromatic heterocycles. The maximum Gasteiger partial charge on any atom is 0.435 e. The summed E-state index contributed by atoms with van der Waals surface area (Å²) in [6.07, 6.45) is -3.19. The summed E-state index contributed by atoms with van der Waals surface area (Å²) in [5.41, 5.74) is -0.982. The van der Waals surface area contributed by atoms with Crippen molar-refractivity contribution in [1.29, 1.82) is 0 Å². The Hall–Kier alpha value is -1.23. The Morgan fingerprint density at radius 1 is 1.19 bits per heavy atom. The molecule has 0 bridgehead atoms. The Bertz CT molecular complexity index is 951. The van der Waals surface area contributed by atoms with E-state index in [1.165, 1.54) is 0 Å². The molecule has 1 aromatic rings. The highest BCUT2D eigenvalue weighted by atomic mass is 32.2. The van der Waals surface area contributed by atoms with Crippen molar-refractivity contribution in [2.75, 3.05) is 24.6 Å². The highest BCUT2D eigenvalue weighted by molar-refractivity contribution is 7.91. The van der Waals surface area contributed by atoms with Gasteiger partial charge in [-0.15, -0.1) is 0 Å². The van der Waals surface area contributed by atoms with Gasteiger partial charge in [0.25, 0.3) is 6.43 Å². The number of halogens is 5. The first-order valence-corrected chi connectivity index (χ1v) is 12.7. The molecule has 3 heterocycles. The van der Waals surface area contributed by atoms with Crippen LogP contribution in [-0.2, 0) is 22.6 Å². The fourth-order valence-corrected chi connectivity index (χ4v) is 8.73. The maximum atomic E-state index is 13.1. The lowest BCUT2D eigenvalue weighted by molar-refractivity contribution is -0.141. The van der Waals surface area contributed by atoms with E-state index in [2.05, 4.69) is 10.00 Å². The van der Waals surface area contributed by atoms with Crippen LogP contribution in [0.1, 0.15) is 49.4 Å². The molecule has 0 N–H and O–H groups in total. The van der Waals surface area contributed by atoms with E-state index in [-0.39, 0.29) is 40.4 Å². The Morgan fingerprint density at radius 2 is 1.90 bits per heavy atom. The molecule has 0 unspecified atom stereocenters. The third kappa shape index (κ3) is 4.00. The number of sulfone groups is 1. The molecule has 4 aliphatic rings. The normalized spacial score (nSPS) is 37.6. The van der Waals surface area contributed by atoms with Crippen LogP contribution in [0.15, 0.2) is 6.07 Å². The minimum Gasteiger partial charge on any atom is -0.300 e. The molecular formula is C20H26F5N3O2S. The Balaban J connectivity index is 1.27. The monoisotopic (exact) mass is 467 g/mol. The Morgan fingerprint density at radius 3 is 2.48 bits per heavy atom. The third-order valence-corrected chi connectivity index (χ3v) is 9.73. The smallest absolute Gasteiger partial charge is 0.300 e. The van der Waals surface area contributed by atoms with Crippen molar-refractivity contribution in [3.8, 4) is 0 Å². The van der Waals surface area contributed by atoms with Crippen molar-refractivity contribution in [3.63, 3.8) is 0 Å². The molecule has 5 nitrogen and oxygen atoms in total. The molecule has 5 atom stereocenters. The Labute approximate surface area is 177 Å². The summed E-state index contributed by atoms with van der Waals surface area (Å²) in [7, 11) is -2.96. The zero-order chi connectivity index (χ0) is 22.2. The van der Waals surface area contributed by atoms with E-state index in [0.29, 0.717) is 12.5 Å². The van der Waals surface area contributed by atoms with Crippen molar-refractivity contribution in [3.05, 3.63) is 17.5 Å². The van der Waals surface area contributed by atoms with Crippen LogP contribution < -0.4 is 0 Å². The number of rotatable bonds is 4. The minimum atomic E-state index is -4.65. The fraction of sp³-hybridized carbons (Fsp3) is 0.850. The van der Waals surface area contributed by atoms with Gasteiger partial charge in [0.15, 0.2) is 15.5 Å². The summed E-state index contributed by atoms with van der Waals surface area (Å²) < 4.78 is 89.9. The molecule has 2 saturated heterocycles. The molecular weight excluding hydrogens is 441 g/mol. The summed E-state index contributed by atoms with van der Waals surface area (Å²) in [6.45, 7) is 0.856. The molecule has 2 aliphatic carbocycles. The zero-order valence-corrected chi connectivity index (χ0v) is 17.8. The van der Waals surface area contributed by atoms with Gasteiger partial charge in [-0.25, -0.2) is 17.2 Å². The number of likely N-dealkylation sites (tertiary alicyclic amines) is 1. The van der Waals surface area contributed by atoms with Gasteiger partial charge in [0, 0.05) is 24.2 Å². The number of alkyl halides is 5. The first-order chi connectivity index (χ1) is 14.5. The first-order valence-electron chi connectivity index (χ1n) is 10.8. The third-order valence-electron chi connectivity index (χ3n) is 7.85. The standard InChI is InChI=1S/C20H26F5N3O2S/c21-17(22)9-28-15(8-16(26-28)20(23,24)25)18-13-6-12(7-14(13)18)27-4-1-2-19(10-27)3-5-31(29,30)11-19/h8,12-14,17-18H,1-7,9-11H2/t12-,13+,14-,18-,19-/m1/s1. The molecule has 4 fully saturated rings. The van der Waals surface area contributed by atoms with Gasteiger partial charge in [-0.3, -0.25) is 9.58 Å². The van der Waals surface area contributed by atoms with Crippen molar-refractivity contribution in [1.82, 2.24) is 14.7 Å². The van der Waals surface area contributed by atoms with Crippen LogP contribution in [0.25, 0.3) is 0 Å². The quantitative estimate of drug-likeness (QED) is 0.636. The van der Waals surface area contributed by atoms with Gasteiger partial charge in [-0.1, -0.05) is 0 Å². The summed E-state index contributed by atoms with van der Waals surface area (Å²) in [6, 6.07) is 1.24. The van der Waals surface area contributed by atoms with Crippen molar-refractivity contribution >= 4 is 9.84 Å². The number of aromatic nitrogens is 2. The second-order valence-corrected chi connectivity index (χ2v) is 12.1. The van der Waals surface area contributed by atoms with Gasteiger partial charge < -0.3 is 0 Å². The van der Waals surface area contributed by atoms with Crippen LogP contribution >= 0.6 is 0 Å². The lowest BCUT2D eigenvalue weighted by Crippen LogP contribution is -2.48. The van der Waals surface area contributed by atoms with E-state index in [1.807, 2.05) is 0 Å². The second-order valence-electron chi connectivity index (χ2n) is 9.92. The van der Waals surface area contributed by atoms with Gasteiger partial charge in [-0.2, -0.15) is 18.3 Å². The van der Waals surface area contributed by atoms with E-state index in [1.54, 1.807) is 0 Å². The molecule has 11 heteroatoms. The molecule has 0 amide bonds. The maximum absolute atomic E-state index is 13.1. The number of fused-ring (bicyclic) bond motifs is 1. The highest BCUT2D eigenvalue weighted by Crippen LogP contribution is 2.64. The molecule has 0 radical (unpaired) electrons. The average Bonchev–Trinajstić information content (AvgIpc) is 3.02. The van der Waals surface area contributed by atoms with E-state index >= 15 is 0 Å². The lowest BCUT2D eigenvalue weighted by atomic mass is 9.79. The number of hydrogen-bond donors (Lipinski definition) is 0. The van der Waals surface area contributed by atoms with Gasteiger partial charge in [0.1, 0.15) is 6.54 Å². The molecule has 5 rings (SSSR count). The van der Waals surface area contributed by atoms with E-state index in [0.717, 1.165) is 49.5 Å². The minimum absolute atomic E-state index is 0.149. The van der Waals surface area contributed by atoms with Gasteiger partial charge in [-0.05, 0) is 62.0 Å². The molecule has 0 aromatic carbocycles. The van der Waals surface area contributed by atoms with Crippen molar-refractivity contribution < 1.29 is 30.4 Å². The molecule has 31 heavy (non-hydrogen) atoms. The second kappa shape index (κ2) is 7.13. The first kappa shape index (κ1) is 21.6. The largest absolute Gasteiger partial charge is 0.435 e. The topological polar surface area (TPSA) is 55.2 Å². The van der Waals surface area contributed by atoms with Crippen LogP contribution in [0.5, 0.6) is 0 Å². The van der Waals surface area contributed by atoms with E-state index in [9.17, 15) is 30.4 Å². The van der Waals surface area contributed by atoms with Crippen molar-refractivity contribution in [2.24, 2.45) is 17.3 Å².